The molecule has 0 fully saturated rings. The largest absolute Gasteiger partial charge is 0.225 e. The topological polar surface area (TPSA) is 38.7 Å². The minimum atomic E-state index is 0.693. The van der Waals surface area contributed by atoms with Crippen molar-refractivity contribution in [3.05, 3.63) is 79.4 Å². The lowest BCUT2D eigenvalue weighted by molar-refractivity contribution is 1.06. The fourth-order valence-electron chi connectivity index (χ4n) is 2.75. The van der Waals surface area contributed by atoms with Crippen LogP contribution in [0.1, 0.15) is 0 Å². The first-order chi connectivity index (χ1) is 10.9. The van der Waals surface area contributed by atoms with Crippen LogP contribution in [0.5, 0.6) is 0 Å². The maximum Gasteiger partial charge on any atom is 0.163 e. The highest BCUT2D eigenvalue weighted by atomic mass is 15.0. The molecule has 0 saturated heterocycles. The van der Waals surface area contributed by atoms with Crippen molar-refractivity contribution in [2.45, 2.75) is 0 Å². The first-order valence-corrected chi connectivity index (χ1v) is 7.13. The van der Waals surface area contributed by atoms with Crippen LogP contribution in [-0.2, 0) is 0 Å². The zero-order valence-electron chi connectivity index (χ0n) is 11.8. The lowest BCUT2D eigenvalue weighted by atomic mass is 9.94. The molecule has 22 heavy (non-hydrogen) atoms. The number of hydrogen-bond acceptors (Lipinski definition) is 3. The summed E-state index contributed by atoms with van der Waals surface area (Å²) in [6.45, 7) is 0. The summed E-state index contributed by atoms with van der Waals surface area (Å²) < 4.78 is 0. The van der Waals surface area contributed by atoms with Crippen molar-refractivity contribution in [2.24, 2.45) is 0 Å². The van der Waals surface area contributed by atoms with Gasteiger partial charge in [-0.15, -0.1) is 0 Å². The monoisotopic (exact) mass is 283 g/mol. The van der Waals surface area contributed by atoms with Gasteiger partial charge in [-0.25, -0.2) is 15.0 Å². The van der Waals surface area contributed by atoms with E-state index in [2.05, 4.69) is 63.5 Å². The summed E-state index contributed by atoms with van der Waals surface area (Å²) in [5.74, 6) is 0.693. The van der Waals surface area contributed by atoms with Crippen LogP contribution in [0.2, 0.25) is 0 Å². The summed E-state index contributed by atoms with van der Waals surface area (Å²) >= 11 is 0. The summed E-state index contributed by atoms with van der Waals surface area (Å²) in [5.41, 5.74) is 3.33. The quantitative estimate of drug-likeness (QED) is 0.548. The van der Waals surface area contributed by atoms with Gasteiger partial charge in [0.25, 0.3) is 0 Å². The molecule has 0 amide bonds. The fourth-order valence-corrected chi connectivity index (χ4v) is 2.75. The molecule has 104 valence electrons. The number of rotatable bonds is 2. The van der Waals surface area contributed by atoms with Crippen LogP contribution in [0.25, 0.3) is 33.3 Å². The Hall–Kier alpha value is -3.07. The van der Waals surface area contributed by atoms with Crippen molar-refractivity contribution >= 4 is 10.8 Å². The molecule has 0 unspecified atom stereocenters. The molecular weight excluding hydrogens is 270 g/mol. The van der Waals surface area contributed by atoms with E-state index in [-0.39, 0.29) is 0 Å². The lowest BCUT2D eigenvalue weighted by Gasteiger charge is -2.11. The molecule has 0 bridgehead atoms. The molecule has 0 aliphatic rings. The predicted octanol–water partition coefficient (Wildman–Crippen LogP) is 4.36. The third kappa shape index (κ3) is 2.13. The molecule has 3 heteroatoms. The number of hydrogen-bond donors (Lipinski definition) is 0. The van der Waals surface area contributed by atoms with Crippen LogP contribution in [0, 0.1) is 0 Å². The Morgan fingerprint density at radius 1 is 0.545 bits per heavy atom. The average molecular weight is 283 g/mol. The lowest BCUT2D eigenvalue weighted by Crippen LogP contribution is -1.92. The molecular formula is C19H13N3. The van der Waals surface area contributed by atoms with E-state index in [1.807, 2.05) is 18.2 Å². The van der Waals surface area contributed by atoms with E-state index in [9.17, 15) is 0 Å². The summed E-state index contributed by atoms with van der Waals surface area (Å²) in [4.78, 5) is 12.5. The highest BCUT2D eigenvalue weighted by Crippen LogP contribution is 2.34. The van der Waals surface area contributed by atoms with Gasteiger partial charge in [-0.2, -0.15) is 0 Å². The first-order valence-electron chi connectivity index (χ1n) is 7.13. The number of benzene rings is 3. The van der Waals surface area contributed by atoms with Crippen LogP contribution in [0.15, 0.2) is 79.4 Å². The molecule has 0 N–H and O–H groups in total. The zero-order valence-corrected chi connectivity index (χ0v) is 11.8. The van der Waals surface area contributed by atoms with Gasteiger partial charge in [-0.1, -0.05) is 66.7 Å². The van der Waals surface area contributed by atoms with E-state index in [0.29, 0.717) is 5.82 Å². The predicted molar refractivity (Wildman–Crippen MR) is 88.2 cm³/mol. The van der Waals surface area contributed by atoms with Crippen molar-refractivity contribution < 1.29 is 0 Å². The van der Waals surface area contributed by atoms with Gasteiger partial charge in [-0.05, 0) is 21.9 Å². The minimum Gasteiger partial charge on any atom is -0.225 e. The Morgan fingerprint density at radius 3 is 2.05 bits per heavy atom. The minimum absolute atomic E-state index is 0.693. The van der Waals surface area contributed by atoms with E-state index in [4.69, 9.17) is 0 Å². The molecule has 0 aliphatic heterocycles. The van der Waals surface area contributed by atoms with Gasteiger partial charge in [0.05, 0.1) is 0 Å². The zero-order chi connectivity index (χ0) is 14.8. The highest BCUT2D eigenvalue weighted by molar-refractivity contribution is 5.99. The SMILES string of the molecule is c1ccc(-c2cccc3ccccc23)c(-c2ncncn2)c1. The Labute approximate surface area is 128 Å². The third-order valence-electron chi connectivity index (χ3n) is 3.74. The number of aromatic nitrogens is 3. The highest BCUT2D eigenvalue weighted by Gasteiger charge is 2.11. The molecule has 4 rings (SSSR count). The molecule has 1 heterocycles. The van der Waals surface area contributed by atoms with Crippen molar-refractivity contribution in [2.75, 3.05) is 0 Å². The molecule has 0 saturated carbocycles. The molecule has 0 aliphatic carbocycles. The van der Waals surface area contributed by atoms with Gasteiger partial charge in [0.2, 0.25) is 0 Å². The Kier molecular flexibility index (Phi) is 3.09. The normalized spacial score (nSPS) is 10.7. The van der Waals surface area contributed by atoms with Crippen LogP contribution < -0.4 is 0 Å². The first kappa shape index (κ1) is 12.7. The molecule has 3 nitrogen and oxygen atoms in total. The van der Waals surface area contributed by atoms with Crippen molar-refractivity contribution in [1.82, 2.24) is 15.0 Å². The molecule has 1 aromatic heterocycles. The maximum atomic E-state index is 4.29. The van der Waals surface area contributed by atoms with Gasteiger partial charge in [-0.3, -0.25) is 0 Å². The second-order valence-electron chi connectivity index (χ2n) is 5.03. The number of nitrogens with zero attached hydrogens (tertiary/aromatic N) is 3. The second kappa shape index (κ2) is 5.37. The van der Waals surface area contributed by atoms with Crippen LogP contribution >= 0.6 is 0 Å². The van der Waals surface area contributed by atoms with E-state index in [1.165, 1.54) is 29.0 Å². The Morgan fingerprint density at radius 2 is 1.18 bits per heavy atom. The van der Waals surface area contributed by atoms with Gasteiger partial charge in [0.1, 0.15) is 12.7 Å². The summed E-state index contributed by atoms with van der Waals surface area (Å²) in [6, 6.07) is 23.0. The van der Waals surface area contributed by atoms with Crippen molar-refractivity contribution in [1.29, 1.82) is 0 Å². The van der Waals surface area contributed by atoms with Gasteiger partial charge in [0, 0.05) is 5.56 Å². The average Bonchev–Trinajstić information content (AvgIpc) is 2.62. The van der Waals surface area contributed by atoms with Crippen LogP contribution in [-0.4, -0.2) is 15.0 Å². The van der Waals surface area contributed by atoms with Crippen molar-refractivity contribution in [3.63, 3.8) is 0 Å². The van der Waals surface area contributed by atoms with E-state index in [0.717, 1.165) is 11.1 Å². The van der Waals surface area contributed by atoms with Gasteiger partial charge in [0.15, 0.2) is 5.82 Å². The third-order valence-corrected chi connectivity index (χ3v) is 3.74. The summed E-state index contributed by atoms with van der Waals surface area (Å²) in [7, 11) is 0. The standard InChI is InChI=1S/C19H13N3/c1-2-8-15-14(6-1)7-5-11-16(15)17-9-3-4-10-18(17)19-21-12-20-13-22-19/h1-13H. The second-order valence-corrected chi connectivity index (χ2v) is 5.03. The number of fused-ring (bicyclic) bond motifs is 1. The molecule has 0 atom stereocenters. The van der Waals surface area contributed by atoms with Crippen molar-refractivity contribution in [3.8, 4) is 22.5 Å². The smallest absolute Gasteiger partial charge is 0.163 e. The van der Waals surface area contributed by atoms with E-state index >= 15 is 0 Å². The molecule has 0 spiro atoms. The fraction of sp³-hybridized carbons (Fsp3) is 0. The molecule has 3 aromatic carbocycles. The van der Waals surface area contributed by atoms with Crippen LogP contribution in [0.3, 0.4) is 0 Å². The maximum absolute atomic E-state index is 4.29. The summed E-state index contributed by atoms with van der Waals surface area (Å²) in [6.07, 6.45) is 3.06. The van der Waals surface area contributed by atoms with E-state index in [1.54, 1.807) is 0 Å². The molecule has 0 radical (unpaired) electrons. The molecule has 4 aromatic rings. The van der Waals surface area contributed by atoms with Gasteiger partial charge < -0.3 is 0 Å². The van der Waals surface area contributed by atoms with E-state index < -0.39 is 0 Å². The van der Waals surface area contributed by atoms with Crippen LogP contribution in [0.4, 0.5) is 0 Å². The summed E-state index contributed by atoms with van der Waals surface area (Å²) in [5, 5.41) is 2.46. The Balaban J connectivity index is 2.01. The van der Waals surface area contributed by atoms with Gasteiger partial charge >= 0.3 is 0 Å². The Bertz CT molecular complexity index is 928.